The predicted octanol–water partition coefficient (Wildman–Crippen LogP) is 2.70. The Kier molecular flexibility index (Phi) is 5.28. The fourth-order valence-electron chi connectivity index (χ4n) is 2.95. The van der Waals surface area contributed by atoms with E-state index in [0.29, 0.717) is 18.4 Å². The molecule has 3 N–H and O–H groups in total. The SMILES string of the molecule is NC(=O)C(NC(=O)C1CCCC(C(F)(F)F)C1)c1ccccc1. The fraction of sp³-hybridized carbons (Fsp3) is 0.500. The van der Waals surface area contributed by atoms with Crippen LogP contribution in [-0.4, -0.2) is 18.0 Å². The van der Waals surface area contributed by atoms with Crippen LogP contribution in [0, 0.1) is 11.8 Å². The van der Waals surface area contributed by atoms with Crippen molar-refractivity contribution < 1.29 is 22.8 Å². The van der Waals surface area contributed by atoms with Crippen LogP contribution in [0.4, 0.5) is 13.2 Å². The highest BCUT2D eigenvalue weighted by Crippen LogP contribution is 2.40. The quantitative estimate of drug-likeness (QED) is 0.892. The van der Waals surface area contributed by atoms with Crippen LogP contribution >= 0.6 is 0 Å². The van der Waals surface area contributed by atoms with E-state index in [9.17, 15) is 22.8 Å². The molecular weight excluding hydrogens is 309 g/mol. The summed E-state index contributed by atoms with van der Waals surface area (Å²) in [4.78, 5) is 23.8. The summed E-state index contributed by atoms with van der Waals surface area (Å²) in [6, 6.07) is 7.37. The highest BCUT2D eigenvalue weighted by Gasteiger charge is 2.43. The monoisotopic (exact) mass is 328 g/mol. The summed E-state index contributed by atoms with van der Waals surface area (Å²) in [5, 5.41) is 2.49. The molecule has 3 unspecified atom stereocenters. The van der Waals surface area contributed by atoms with E-state index in [-0.39, 0.29) is 12.8 Å². The lowest BCUT2D eigenvalue weighted by molar-refractivity contribution is -0.186. The molecule has 0 radical (unpaired) electrons. The minimum Gasteiger partial charge on any atom is -0.368 e. The number of nitrogens with two attached hydrogens (primary N) is 1. The normalized spacial score (nSPS) is 23.1. The first-order valence-corrected chi connectivity index (χ1v) is 7.50. The Morgan fingerprint density at radius 2 is 1.83 bits per heavy atom. The number of hydrogen-bond donors (Lipinski definition) is 2. The summed E-state index contributed by atoms with van der Waals surface area (Å²) in [5.41, 5.74) is 5.82. The molecule has 126 valence electrons. The molecule has 0 spiro atoms. The van der Waals surface area contributed by atoms with Gasteiger partial charge in [0.05, 0.1) is 5.92 Å². The molecule has 4 nitrogen and oxygen atoms in total. The van der Waals surface area contributed by atoms with Gasteiger partial charge in [0, 0.05) is 5.92 Å². The number of alkyl halides is 3. The first-order valence-electron chi connectivity index (χ1n) is 7.50. The molecule has 1 aromatic rings. The van der Waals surface area contributed by atoms with Crippen LogP contribution in [0.1, 0.15) is 37.3 Å². The molecule has 0 aliphatic heterocycles. The summed E-state index contributed by atoms with van der Waals surface area (Å²) in [7, 11) is 0. The highest BCUT2D eigenvalue weighted by molar-refractivity contribution is 5.88. The number of amides is 2. The standard InChI is InChI=1S/C16H19F3N2O2/c17-16(18,19)12-8-4-7-11(9-12)15(23)21-13(14(20)22)10-5-2-1-3-6-10/h1-3,5-6,11-13H,4,7-9H2,(H2,20,22)(H,21,23). The summed E-state index contributed by atoms with van der Waals surface area (Å²) in [6.07, 6.45) is -3.75. The van der Waals surface area contributed by atoms with Gasteiger partial charge < -0.3 is 11.1 Å². The lowest BCUT2D eigenvalue weighted by atomic mass is 9.80. The van der Waals surface area contributed by atoms with Crippen LogP contribution in [-0.2, 0) is 9.59 Å². The van der Waals surface area contributed by atoms with Gasteiger partial charge in [-0.1, -0.05) is 36.8 Å². The molecule has 2 amide bonds. The van der Waals surface area contributed by atoms with Gasteiger partial charge in [-0.15, -0.1) is 0 Å². The zero-order chi connectivity index (χ0) is 17.0. The van der Waals surface area contributed by atoms with Crippen molar-refractivity contribution in [3.63, 3.8) is 0 Å². The largest absolute Gasteiger partial charge is 0.391 e. The van der Waals surface area contributed by atoms with Gasteiger partial charge in [0.1, 0.15) is 6.04 Å². The van der Waals surface area contributed by atoms with Gasteiger partial charge in [-0.2, -0.15) is 13.2 Å². The Balaban J connectivity index is 2.06. The Labute approximate surface area is 132 Å². The highest BCUT2D eigenvalue weighted by atomic mass is 19.4. The summed E-state index contributed by atoms with van der Waals surface area (Å²) < 4.78 is 38.5. The molecule has 0 bridgehead atoms. The van der Waals surface area contributed by atoms with Crippen molar-refractivity contribution >= 4 is 11.8 Å². The number of nitrogens with one attached hydrogen (secondary N) is 1. The molecule has 1 saturated carbocycles. The molecule has 1 aliphatic rings. The number of carbonyl (C=O) groups is 2. The van der Waals surface area contributed by atoms with E-state index in [1.807, 2.05) is 0 Å². The second kappa shape index (κ2) is 7.02. The number of carbonyl (C=O) groups excluding carboxylic acids is 2. The fourth-order valence-corrected chi connectivity index (χ4v) is 2.95. The Bertz CT molecular complexity index is 560. The third-order valence-corrected chi connectivity index (χ3v) is 4.21. The Morgan fingerprint density at radius 1 is 1.17 bits per heavy atom. The molecule has 0 heterocycles. The zero-order valence-corrected chi connectivity index (χ0v) is 12.5. The van der Waals surface area contributed by atoms with Gasteiger partial charge in [0.15, 0.2) is 0 Å². The molecule has 1 fully saturated rings. The van der Waals surface area contributed by atoms with E-state index in [1.165, 1.54) is 0 Å². The van der Waals surface area contributed by atoms with Crippen molar-refractivity contribution in [1.82, 2.24) is 5.32 Å². The second-order valence-corrected chi connectivity index (χ2v) is 5.86. The Morgan fingerprint density at radius 3 is 2.39 bits per heavy atom. The van der Waals surface area contributed by atoms with Gasteiger partial charge in [-0.3, -0.25) is 9.59 Å². The maximum atomic E-state index is 12.8. The first kappa shape index (κ1) is 17.3. The molecule has 7 heteroatoms. The van der Waals surface area contributed by atoms with Gasteiger partial charge in [-0.25, -0.2) is 0 Å². The van der Waals surface area contributed by atoms with Crippen molar-refractivity contribution in [2.24, 2.45) is 17.6 Å². The maximum absolute atomic E-state index is 12.8. The molecule has 2 rings (SSSR count). The predicted molar refractivity (Wildman–Crippen MR) is 78.0 cm³/mol. The third-order valence-electron chi connectivity index (χ3n) is 4.21. The van der Waals surface area contributed by atoms with Crippen molar-refractivity contribution in [3.05, 3.63) is 35.9 Å². The van der Waals surface area contributed by atoms with Crippen molar-refractivity contribution in [1.29, 1.82) is 0 Å². The molecule has 0 aromatic heterocycles. The minimum atomic E-state index is -4.29. The molecule has 23 heavy (non-hydrogen) atoms. The third kappa shape index (κ3) is 4.46. The van der Waals surface area contributed by atoms with Crippen LogP contribution in [0.2, 0.25) is 0 Å². The van der Waals surface area contributed by atoms with E-state index in [0.717, 1.165) is 0 Å². The minimum absolute atomic E-state index is 0.0468. The molecular formula is C16H19F3N2O2. The lowest BCUT2D eigenvalue weighted by Crippen LogP contribution is -2.42. The smallest absolute Gasteiger partial charge is 0.368 e. The van der Waals surface area contributed by atoms with Crippen molar-refractivity contribution in [2.75, 3.05) is 0 Å². The summed E-state index contributed by atoms with van der Waals surface area (Å²) >= 11 is 0. The van der Waals surface area contributed by atoms with Gasteiger partial charge in [0.25, 0.3) is 0 Å². The van der Waals surface area contributed by atoms with Crippen LogP contribution in [0.25, 0.3) is 0 Å². The summed E-state index contributed by atoms with van der Waals surface area (Å²) in [5.74, 6) is -3.50. The lowest BCUT2D eigenvalue weighted by Gasteiger charge is -2.30. The topological polar surface area (TPSA) is 72.2 Å². The molecule has 1 aliphatic carbocycles. The van der Waals surface area contributed by atoms with E-state index in [1.54, 1.807) is 30.3 Å². The number of primary amides is 1. The van der Waals surface area contributed by atoms with Crippen molar-refractivity contribution in [3.8, 4) is 0 Å². The summed E-state index contributed by atoms with van der Waals surface area (Å²) in [6.45, 7) is 0. The van der Waals surface area contributed by atoms with E-state index in [4.69, 9.17) is 5.73 Å². The van der Waals surface area contributed by atoms with Gasteiger partial charge >= 0.3 is 6.18 Å². The van der Waals surface area contributed by atoms with Crippen LogP contribution in [0.5, 0.6) is 0 Å². The van der Waals surface area contributed by atoms with E-state index in [2.05, 4.69) is 5.32 Å². The average molecular weight is 328 g/mol. The number of rotatable bonds is 4. The van der Waals surface area contributed by atoms with Crippen LogP contribution in [0.15, 0.2) is 30.3 Å². The molecule has 0 saturated heterocycles. The van der Waals surface area contributed by atoms with E-state index < -0.39 is 35.9 Å². The van der Waals surface area contributed by atoms with Crippen LogP contribution in [0.3, 0.4) is 0 Å². The first-order chi connectivity index (χ1) is 10.8. The van der Waals surface area contributed by atoms with Gasteiger partial charge in [0.2, 0.25) is 11.8 Å². The van der Waals surface area contributed by atoms with E-state index >= 15 is 0 Å². The van der Waals surface area contributed by atoms with Crippen molar-refractivity contribution in [2.45, 2.75) is 37.9 Å². The number of benzene rings is 1. The number of halogens is 3. The Hall–Kier alpha value is -2.05. The zero-order valence-electron chi connectivity index (χ0n) is 12.5. The van der Waals surface area contributed by atoms with Gasteiger partial charge in [-0.05, 0) is 24.8 Å². The molecule has 3 atom stereocenters. The van der Waals surface area contributed by atoms with Crippen LogP contribution < -0.4 is 11.1 Å². The number of hydrogen-bond acceptors (Lipinski definition) is 2. The second-order valence-electron chi connectivity index (χ2n) is 5.86. The average Bonchev–Trinajstić information content (AvgIpc) is 2.52. The maximum Gasteiger partial charge on any atom is 0.391 e. The molecule has 1 aromatic carbocycles.